The Labute approximate surface area is 110 Å². The number of aliphatic carboxylic acids is 1. The predicted molar refractivity (Wildman–Crippen MR) is 71.7 cm³/mol. The van der Waals surface area contributed by atoms with Crippen LogP contribution in [-0.2, 0) is 4.79 Å². The molecule has 0 aromatic carbocycles. The summed E-state index contributed by atoms with van der Waals surface area (Å²) in [5, 5.41) is 12.1. The minimum atomic E-state index is -0.769. The Hall–Kier alpha value is -0.610. The molecular formula is C14H26N2O2. The fraction of sp³-hybridized carbons (Fsp3) is 0.929. The van der Waals surface area contributed by atoms with E-state index in [-0.39, 0.29) is 0 Å². The first kappa shape index (κ1) is 13.8. The number of hydrogen-bond acceptors (Lipinski definition) is 3. The SMILES string of the molecule is CNC(C)(CCCN(CC1CC1)C1CC1)C(=O)O. The first-order valence-electron chi connectivity index (χ1n) is 7.21. The van der Waals surface area contributed by atoms with E-state index >= 15 is 0 Å². The van der Waals surface area contributed by atoms with Crippen LogP contribution in [0.3, 0.4) is 0 Å². The average Bonchev–Trinajstić information content (AvgIpc) is 3.18. The van der Waals surface area contributed by atoms with Crippen LogP contribution >= 0.6 is 0 Å². The lowest BCUT2D eigenvalue weighted by atomic mass is 9.96. The lowest BCUT2D eigenvalue weighted by Gasteiger charge is -2.27. The van der Waals surface area contributed by atoms with Crippen LogP contribution in [0, 0.1) is 5.92 Å². The van der Waals surface area contributed by atoms with E-state index in [0.717, 1.165) is 24.9 Å². The minimum Gasteiger partial charge on any atom is -0.480 e. The van der Waals surface area contributed by atoms with Gasteiger partial charge in [0.1, 0.15) is 5.54 Å². The molecule has 0 amide bonds. The minimum absolute atomic E-state index is 0.701. The largest absolute Gasteiger partial charge is 0.480 e. The van der Waals surface area contributed by atoms with Crippen molar-refractivity contribution in [1.29, 1.82) is 0 Å². The first-order valence-corrected chi connectivity index (χ1v) is 7.21. The molecule has 2 saturated carbocycles. The van der Waals surface area contributed by atoms with Crippen LogP contribution in [0.4, 0.5) is 0 Å². The van der Waals surface area contributed by atoms with Gasteiger partial charge in [0.05, 0.1) is 0 Å². The van der Waals surface area contributed by atoms with E-state index in [1.54, 1.807) is 14.0 Å². The third-order valence-corrected chi connectivity index (χ3v) is 4.40. The highest BCUT2D eigenvalue weighted by molar-refractivity contribution is 5.78. The first-order chi connectivity index (χ1) is 8.55. The van der Waals surface area contributed by atoms with Gasteiger partial charge in [0, 0.05) is 12.6 Å². The van der Waals surface area contributed by atoms with Gasteiger partial charge in [0.25, 0.3) is 0 Å². The molecule has 0 aromatic rings. The molecule has 0 spiro atoms. The molecule has 0 bridgehead atoms. The fourth-order valence-electron chi connectivity index (χ4n) is 2.47. The van der Waals surface area contributed by atoms with Gasteiger partial charge in [-0.15, -0.1) is 0 Å². The molecule has 4 heteroatoms. The second-order valence-corrected chi connectivity index (χ2v) is 6.16. The third-order valence-electron chi connectivity index (χ3n) is 4.40. The van der Waals surface area contributed by atoms with E-state index in [4.69, 9.17) is 0 Å². The Balaban J connectivity index is 1.73. The summed E-state index contributed by atoms with van der Waals surface area (Å²) < 4.78 is 0. The van der Waals surface area contributed by atoms with Gasteiger partial charge < -0.3 is 15.3 Å². The molecule has 0 radical (unpaired) electrons. The molecule has 1 unspecified atom stereocenters. The summed E-state index contributed by atoms with van der Waals surface area (Å²) in [5.41, 5.74) is -0.769. The normalized spacial score (nSPS) is 23.1. The fourth-order valence-corrected chi connectivity index (χ4v) is 2.47. The zero-order valence-electron chi connectivity index (χ0n) is 11.6. The summed E-state index contributed by atoms with van der Waals surface area (Å²) in [6.07, 6.45) is 7.14. The van der Waals surface area contributed by atoms with Crippen molar-refractivity contribution in [2.75, 3.05) is 20.1 Å². The van der Waals surface area contributed by atoms with Gasteiger partial charge in [0.15, 0.2) is 0 Å². The van der Waals surface area contributed by atoms with Crippen molar-refractivity contribution >= 4 is 5.97 Å². The lowest BCUT2D eigenvalue weighted by Crippen LogP contribution is -2.48. The standard InChI is InChI=1S/C14H26N2O2/c1-14(15-2,13(17)18)8-3-9-16(12-6-7-12)10-11-4-5-11/h11-12,15H,3-10H2,1-2H3,(H,17,18). The highest BCUT2D eigenvalue weighted by Crippen LogP contribution is 2.35. The maximum atomic E-state index is 11.2. The number of nitrogens with one attached hydrogen (secondary N) is 1. The van der Waals surface area contributed by atoms with Crippen molar-refractivity contribution in [2.24, 2.45) is 5.92 Å². The Bertz CT molecular complexity index is 300. The molecule has 2 aliphatic carbocycles. The lowest BCUT2D eigenvalue weighted by molar-refractivity contribution is -0.144. The number of rotatable bonds is 9. The van der Waals surface area contributed by atoms with Crippen LogP contribution < -0.4 is 5.32 Å². The molecule has 4 nitrogen and oxygen atoms in total. The summed E-state index contributed by atoms with van der Waals surface area (Å²) in [6, 6.07) is 0.802. The van der Waals surface area contributed by atoms with Gasteiger partial charge in [-0.1, -0.05) is 0 Å². The maximum Gasteiger partial charge on any atom is 0.323 e. The van der Waals surface area contributed by atoms with Crippen LogP contribution in [-0.4, -0.2) is 47.7 Å². The van der Waals surface area contributed by atoms with Crippen molar-refractivity contribution in [2.45, 2.75) is 57.0 Å². The van der Waals surface area contributed by atoms with E-state index < -0.39 is 11.5 Å². The second kappa shape index (κ2) is 5.57. The Morgan fingerprint density at radius 2 is 2.06 bits per heavy atom. The molecule has 0 heterocycles. The number of carbonyl (C=O) groups is 1. The van der Waals surface area contributed by atoms with Crippen LogP contribution in [0.25, 0.3) is 0 Å². The van der Waals surface area contributed by atoms with Crippen molar-refractivity contribution in [3.8, 4) is 0 Å². The molecular weight excluding hydrogens is 228 g/mol. The summed E-state index contributed by atoms with van der Waals surface area (Å²) in [4.78, 5) is 13.8. The quantitative estimate of drug-likeness (QED) is 0.657. The molecule has 2 N–H and O–H groups in total. The zero-order chi connectivity index (χ0) is 13.2. The van der Waals surface area contributed by atoms with Gasteiger partial charge in [-0.25, -0.2) is 0 Å². The molecule has 18 heavy (non-hydrogen) atoms. The van der Waals surface area contributed by atoms with E-state index in [9.17, 15) is 9.90 Å². The second-order valence-electron chi connectivity index (χ2n) is 6.16. The van der Waals surface area contributed by atoms with E-state index in [2.05, 4.69) is 10.2 Å². The summed E-state index contributed by atoms with van der Waals surface area (Å²) >= 11 is 0. The third kappa shape index (κ3) is 3.69. The van der Waals surface area contributed by atoms with Gasteiger partial charge in [0.2, 0.25) is 0 Å². The summed E-state index contributed by atoms with van der Waals surface area (Å²) in [7, 11) is 1.73. The van der Waals surface area contributed by atoms with E-state index in [0.29, 0.717) is 6.42 Å². The van der Waals surface area contributed by atoms with Gasteiger partial charge in [-0.3, -0.25) is 4.79 Å². The summed E-state index contributed by atoms with van der Waals surface area (Å²) in [6.45, 7) is 4.08. The Morgan fingerprint density at radius 3 is 2.50 bits per heavy atom. The van der Waals surface area contributed by atoms with Crippen molar-refractivity contribution in [1.82, 2.24) is 10.2 Å². The molecule has 1 atom stereocenters. The molecule has 0 saturated heterocycles. The van der Waals surface area contributed by atoms with E-state index in [1.807, 2.05) is 0 Å². The monoisotopic (exact) mass is 254 g/mol. The molecule has 0 aromatic heterocycles. The van der Waals surface area contributed by atoms with Gasteiger partial charge >= 0.3 is 5.97 Å². The topological polar surface area (TPSA) is 52.6 Å². The van der Waals surface area contributed by atoms with Crippen molar-refractivity contribution in [3.05, 3.63) is 0 Å². The van der Waals surface area contributed by atoms with Crippen LogP contribution in [0.15, 0.2) is 0 Å². The number of carboxylic acid groups (broad SMARTS) is 1. The highest BCUT2D eigenvalue weighted by Gasteiger charge is 2.35. The number of carboxylic acids is 1. The smallest absolute Gasteiger partial charge is 0.323 e. The molecule has 0 aliphatic heterocycles. The molecule has 2 fully saturated rings. The maximum absolute atomic E-state index is 11.2. The Kier molecular flexibility index (Phi) is 4.28. The van der Waals surface area contributed by atoms with Gasteiger partial charge in [-0.2, -0.15) is 0 Å². The molecule has 2 aliphatic rings. The van der Waals surface area contributed by atoms with E-state index in [1.165, 1.54) is 32.2 Å². The van der Waals surface area contributed by atoms with Crippen LogP contribution in [0.5, 0.6) is 0 Å². The predicted octanol–water partition coefficient (Wildman–Crippen LogP) is 1.70. The Morgan fingerprint density at radius 1 is 1.39 bits per heavy atom. The number of hydrogen-bond donors (Lipinski definition) is 2. The summed E-state index contributed by atoms with van der Waals surface area (Å²) in [5.74, 6) is 0.186. The molecule has 104 valence electrons. The highest BCUT2D eigenvalue weighted by atomic mass is 16.4. The van der Waals surface area contributed by atoms with Crippen LogP contribution in [0.2, 0.25) is 0 Å². The van der Waals surface area contributed by atoms with Crippen LogP contribution in [0.1, 0.15) is 45.4 Å². The zero-order valence-corrected chi connectivity index (χ0v) is 11.6. The number of nitrogens with zero attached hydrogens (tertiary/aromatic N) is 1. The van der Waals surface area contributed by atoms with Crippen molar-refractivity contribution in [3.63, 3.8) is 0 Å². The van der Waals surface area contributed by atoms with Gasteiger partial charge in [-0.05, 0) is 65.0 Å². The van der Waals surface area contributed by atoms with Crippen molar-refractivity contribution < 1.29 is 9.90 Å². The molecule has 2 rings (SSSR count). The number of likely N-dealkylation sites (N-methyl/N-ethyl adjacent to an activating group) is 1. The average molecular weight is 254 g/mol.